The number of anilines is 1. The Kier molecular flexibility index (Phi) is 4.34. The van der Waals surface area contributed by atoms with Crippen molar-refractivity contribution in [3.63, 3.8) is 0 Å². The molecule has 1 amide bonds. The minimum absolute atomic E-state index is 0.165. The summed E-state index contributed by atoms with van der Waals surface area (Å²) < 4.78 is 28.2. The van der Waals surface area contributed by atoms with Crippen LogP contribution in [0.3, 0.4) is 0 Å². The van der Waals surface area contributed by atoms with E-state index in [1.807, 2.05) is 6.07 Å². The lowest BCUT2D eigenvalue weighted by Gasteiger charge is -2.10. The van der Waals surface area contributed by atoms with Gasteiger partial charge >= 0.3 is 0 Å². The average molecular weight is 351 g/mol. The van der Waals surface area contributed by atoms with Gasteiger partial charge in [0.15, 0.2) is 0 Å². The van der Waals surface area contributed by atoms with Crippen LogP contribution in [-0.4, -0.2) is 5.91 Å². The first-order valence-electron chi connectivity index (χ1n) is 5.89. The zero-order valence-electron chi connectivity index (χ0n) is 10.9. The lowest BCUT2D eigenvalue weighted by Crippen LogP contribution is -2.17. The molecule has 0 radical (unpaired) electrons. The highest BCUT2D eigenvalue weighted by Crippen LogP contribution is 2.23. The van der Waals surface area contributed by atoms with Crippen molar-refractivity contribution in [2.24, 2.45) is 0 Å². The maximum atomic E-state index is 13.9. The second-order valence-corrected chi connectivity index (χ2v) is 5.22. The van der Waals surface area contributed by atoms with Crippen molar-refractivity contribution in [2.75, 3.05) is 5.32 Å². The molecular formula is C15H9BrF2N2O. The van der Waals surface area contributed by atoms with Crippen LogP contribution in [0.25, 0.3) is 0 Å². The molecule has 0 saturated heterocycles. The molecule has 2 aromatic carbocycles. The third-order valence-corrected chi connectivity index (χ3v) is 3.35. The summed E-state index contributed by atoms with van der Waals surface area (Å²) in [5.74, 6) is -2.80. The van der Waals surface area contributed by atoms with Crippen molar-refractivity contribution in [3.05, 3.63) is 63.1 Å². The number of aryl methyl sites for hydroxylation is 1. The molecule has 0 heterocycles. The van der Waals surface area contributed by atoms with E-state index in [0.29, 0.717) is 4.47 Å². The van der Waals surface area contributed by atoms with Crippen LogP contribution in [0, 0.1) is 29.9 Å². The van der Waals surface area contributed by atoms with Crippen molar-refractivity contribution >= 4 is 27.5 Å². The Bertz CT molecular complexity index is 769. The number of nitrogens with zero attached hydrogens (tertiary/aromatic N) is 1. The lowest BCUT2D eigenvalue weighted by atomic mass is 10.1. The molecule has 0 fully saturated rings. The number of hydrogen-bond acceptors (Lipinski definition) is 2. The summed E-state index contributed by atoms with van der Waals surface area (Å²) in [5.41, 5.74) is -0.128. The highest BCUT2D eigenvalue weighted by atomic mass is 79.9. The Labute approximate surface area is 128 Å². The maximum absolute atomic E-state index is 13.9. The van der Waals surface area contributed by atoms with Crippen LogP contribution in [0.5, 0.6) is 0 Å². The van der Waals surface area contributed by atoms with E-state index in [1.54, 1.807) is 6.07 Å². The normalized spacial score (nSPS) is 10.0. The Balaban J connectivity index is 2.40. The van der Waals surface area contributed by atoms with Gasteiger partial charge in [0.1, 0.15) is 23.3 Å². The molecule has 0 aliphatic carbocycles. The van der Waals surface area contributed by atoms with Gasteiger partial charge in [0.2, 0.25) is 0 Å². The molecule has 2 rings (SSSR count). The van der Waals surface area contributed by atoms with Crippen LogP contribution in [0.4, 0.5) is 14.5 Å². The Hall–Kier alpha value is -2.26. The molecule has 3 nitrogen and oxygen atoms in total. The fourth-order valence-electron chi connectivity index (χ4n) is 1.77. The summed E-state index contributed by atoms with van der Waals surface area (Å²) in [6, 6.07) is 8.77. The number of rotatable bonds is 2. The van der Waals surface area contributed by atoms with Crippen LogP contribution in [0.15, 0.2) is 34.8 Å². The summed E-state index contributed by atoms with van der Waals surface area (Å²) in [7, 11) is 0. The van der Waals surface area contributed by atoms with Gasteiger partial charge in [-0.25, -0.2) is 8.78 Å². The molecule has 0 saturated carbocycles. The van der Waals surface area contributed by atoms with Crippen molar-refractivity contribution in [1.82, 2.24) is 0 Å². The first-order valence-corrected chi connectivity index (χ1v) is 6.69. The molecule has 0 atom stereocenters. The number of halogens is 3. The molecule has 0 aliphatic rings. The van der Waals surface area contributed by atoms with Crippen LogP contribution >= 0.6 is 15.9 Å². The van der Waals surface area contributed by atoms with E-state index in [4.69, 9.17) is 5.26 Å². The van der Waals surface area contributed by atoms with Crippen LogP contribution in [0.2, 0.25) is 0 Å². The molecule has 21 heavy (non-hydrogen) atoms. The van der Waals surface area contributed by atoms with Gasteiger partial charge in [0.25, 0.3) is 5.91 Å². The highest BCUT2D eigenvalue weighted by Gasteiger charge is 2.20. The van der Waals surface area contributed by atoms with Crippen molar-refractivity contribution < 1.29 is 13.6 Å². The SMILES string of the molecule is Cc1ccc(F)c(C(=O)Nc2ccc(Br)cc2C#N)c1F. The van der Waals surface area contributed by atoms with Gasteiger partial charge in [-0.2, -0.15) is 5.26 Å². The van der Waals surface area contributed by atoms with Crippen molar-refractivity contribution in [1.29, 1.82) is 5.26 Å². The number of carbonyl (C=O) groups is 1. The van der Waals surface area contributed by atoms with E-state index in [-0.39, 0.29) is 16.8 Å². The van der Waals surface area contributed by atoms with Gasteiger partial charge in [0.05, 0.1) is 11.3 Å². The molecule has 6 heteroatoms. The molecule has 0 bridgehead atoms. The van der Waals surface area contributed by atoms with E-state index in [9.17, 15) is 13.6 Å². The molecule has 0 aliphatic heterocycles. The minimum atomic E-state index is -0.953. The van der Waals surface area contributed by atoms with Gasteiger partial charge in [-0.1, -0.05) is 22.0 Å². The molecule has 0 unspecified atom stereocenters. The zero-order valence-corrected chi connectivity index (χ0v) is 12.5. The van der Waals surface area contributed by atoms with E-state index in [0.717, 1.165) is 6.07 Å². The first-order chi connectivity index (χ1) is 9.93. The molecule has 2 aromatic rings. The summed E-state index contributed by atoms with van der Waals surface area (Å²) >= 11 is 3.20. The van der Waals surface area contributed by atoms with Gasteiger partial charge in [0, 0.05) is 4.47 Å². The predicted molar refractivity (Wildman–Crippen MR) is 77.9 cm³/mol. The number of hydrogen-bond donors (Lipinski definition) is 1. The first kappa shape index (κ1) is 15.1. The van der Waals surface area contributed by atoms with Gasteiger partial charge in [-0.05, 0) is 36.8 Å². The quantitative estimate of drug-likeness (QED) is 0.883. The standard InChI is InChI=1S/C15H9BrF2N2O/c1-8-2-4-11(17)13(14(8)18)15(21)20-12-5-3-10(16)6-9(12)7-19/h2-6H,1H3,(H,20,21). The summed E-state index contributed by atoms with van der Waals surface area (Å²) in [6.45, 7) is 1.44. The third kappa shape index (κ3) is 3.09. The molecule has 0 aromatic heterocycles. The summed E-state index contributed by atoms with van der Waals surface area (Å²) in [5, 5.41) is 11.4. The largest absolute Gasteiger partial charge is 0.321 e. The highest BCUT2D eigenvalue weighted by molar-refractivity contribution is 9.10. The fraction of sp³-hybridized carbons (Fsp3) is 0.0667. The van der Waals surface area contributed by atoms with E-state index in [1.165, 1.54) is 25.1 Å². The van der Waals surface area contributed by atoms with Gasteiger partial charge in [-0.3, -0.25) is 4.79 Å². The second-order valence-electron chi connectivity index (χ2n) is 4.31. The third-order valence-electron chi connectivity index (χ3n) is 2.86. The van der Waals surface area contributed by atoms with E-state index < -0.39 is 23.1 Å². The topological polar surface area (TPSA) is 52.9 Å². The predicted octanol–water partition coefficient (Wildman–Crippen LogP) is 4.16. The fourth-order valence-corrected chi connectivity index (χ4v) is 2.13. The van der Waals surface area contributed by atoms with Crippen LogP contribution < -0.4 is 5.32 Å². The summed E-state index contributed by atoms with van der Waals surface area (Å²) in [6.07, 6.45) is 0. The van der Waals surface area contributed by atoms with Crippen LogP contribution in [-0.2, 0) is 0 Å². The lowest BCUT2D eigenvalue weighted by molar-refractivity contribution is 0.101. The van der Waals surface area contributed by atoms with Gasteiger partial charge < -0.3 is 5.32 Å². The maximum Gasteiger partial charge on any atom is 0.261 e. The molecule has 0 spiro atoms. The number of benzene rings is 2. The Morgan fingerprint density at radius 3 is 2.67 bits per heavy atom. The minimum Gasteiger partial charge on any atom is -0.321 e. The average Bonchev–Trinajstić information content (AvgIpc) is 2.45. The molecular weight excluding hydrogens is 342 g/mol. The van der Waals surface area contributed by atoms with E-state index in [2.05, 4.69) is 21.2 Å². The monoisotopic (exact) mass is 350 g/mol. The Morgan fingerprint density at radius 1 is 1.29 bits per heavy atom. The van der Waals surface area contributed by atoms with Crippen molar-refractivity contribution in [2.45, 2.75) is 6.92 Å². The Morgan fingerprint density at radius 2 is 2.00 bits per heavy atom. The summed E-state index contributed by atoms with van der Waals surface area (Å²) in [4.78, 5) is 12.0. The number of nitrogens with one attached hydrogen (secondary N) is 1. The van der Waals surface area contributed by atoms with Gasteiger partial charge in [-0.15, -0.1) is 0 Å². The second kappa shape index (κ2) is 6.02. The van der Waals surface area contributed by atoms with Crippen molar-refractivity contribution in [3.8, 4) is 6.07 Å². The van der Waals surface area contributed by atoms with Crippen LogP contribution in [0.1, 0.15) is 21.5 Å². The number of carbonyl (C=O) groups excluding carboxylic acids is 1. The zero-order chi connectivity index (χ0) is 15.6. The number of nitriles is 1. The molecule has 106 valence electrons. The van der Waals surface area contributed by atoms with E-state index >= 15 is 0 Å². The number of amides is 1. The smallest absolute Gasteiger partial charge is 0.261 e. The molecule has 1 N–H and O–H groups in total.